The molecule has 0 N–H and O–H groups in total. The van der Waals surface area contributed by atoms with Crippen molar-refractivity contribution in [3.8, 4) is 11.5 Å². The average Bonchev–Trinajstić information content (AvgIpc) is 3.37. The average molecular weight is 459 g/mol. The molecule has 3 atom stereocenters. The number of ether oxygens (including phenoxy) is 2. The van der Waals surface area contributed by atoms with E-state index in [1.807, 2.05) is 68.4 Å². The minimum absolute atomic E-state index is 0.281. The van der Waals surface area contributed by atoms with Crippen LogP contribution in [0.4, 0.5) is 11.4 Å². The molecule has 0 unspecified atom stereocenters. The molecule has 3 aromatic carbocycles. The van der Waals surface area contributed by atoms with Gasteiger partial charge in [-0.3, -0.25) is 14.4 Å². The Labute approximate surface area is 198 Å². The summed E-state index contributed by atoms with van der Waals surface area (Å²) in [7, 11) is 0. The molecule has 5 rings (SSSR count). The van der Waals surface area contributed by atoms with E-state index in [-0.39, 0.29) is 11.8 Å². The normalized spacial score (nSPS) is 21.6. The van der Waals surface area contributed by atoms with E-state index in [0.29, 0.717) is 24.7 Å². The number of imide groups is 1. The molecule has 0 bridgehead atoms. The monoisotopic (exact) mass is 458 g/mol. The third-order valence-electron chi connectivity index (χ3n) is 6.06. The molecule has 0 spiro atoms. The second-order valence-corrected chi connectivity index (χ2v) is 8.10. The van der Waals surface area contributed by atoms with Crippen LogP contribution in [0.3, 0.4) is 0 Å². The van der Waals surface area contributed by atoms with Crippen LogP contribution in [-0.2, 0) is 14.4 Å². The Kier molecular flexibility index (Phi) is 5.94. The van der Waals surface area contributed by atoms with E-state index < -0.39 is 18.1 Å². The molecule has 2 amide bonds. The lowest BCUT2D eigenvalue weighted by Crippen LogP contribution is -2.37. The molecule has 7 heteroatoms. The van der Waals surface area contributed by atoms with Crippen molar-refractivity contribution in [2.45, 2.75) is 26.0 Å². The summed E-state index contributed by atoms with van der Waals surface area (Å²) in [6.07, 6.45) is -0.907. The van der Waals surface area contributed by atoms with E-state index >= 15 is 0 Å². The zero-order valence-electron chi connectivity index (χ0n) is 19.1. The number of para-hydroxylation sites is 1. The fraction of sp³-hybridized carbons (Fsp3) is 0.259. The summed E-state index contributed by atoms with van der Waals surface area (Å²) in [5.74, 6) is 0.101. The van der Waals surface area contributed by atoms with Crippen molar-refractivity contribution in [3.05, 3.63) is 84.4 Å². The van der Waals surface area contributed by atoms with Crippen LogP contribution in [0.5, 0.6) is 11.5 Å². The van der Waals surface area contributed by atoms with Crippen LogP contribution in [-0.4, -0.2) is 31.1 Å². The Morgan fingerprint density at radius 2 is 1.32 bits per heavy atom. The van der Waals surface area contributed by atoms with Gasteiger partial charge >= 0.3 is 0 Å². The van der Waals surface area contributed by atoms with E-state index in [4.69, 9.17) is 14.3 Å². The van der Waals surface area contributed by atoms with Crippen molar-refractivity contribution in [3.63, 3.8) is 0 Å². The number of benzene rings is 3. The van der Waals surface area contributed by atoms with Gasteiger partial charge in [0, 0.05) is 0 Å². The Morgan fingerprint density at radius 3 is 1.91 bits per heavy atom. The first kappa shape index (κ1) is 22.0. The maximum Gasteiger partial charge on any atom is 0.266 e. The van der Waals surface area contributed by atoms with Gasteiger partial charge in [-0.2, -0.15) is 0 Å². The van der Waals surface area contributed by atoms with Crippen molar-refractivity contribution in [2.75, 3.05) is 23.2 Å². The van der Waals surface area contributed by atoms with Gasteiger partial charge in [0.25, 0.3) is 5.91 Å². The van der Waals surface area contributed by atoms with E-state index in [1.165, 1.54) is 4.90 Å². The van der Waals surface area contributed by atoms with Crippen molar-refractivity contribution in [1.29, 1.82) is 0 Å². The van der Waals surface area contributed by atoms with Gasteiger partial charge in [0.15, 0.2) is 6.10 Å². The van der Waals surface area contributed by atoms with Crippen LogP contribution in [0.2, 0.25) is 0 Å². The number of rotatable bonds is 7. The first-order chi connectivity index (χ1) is 16.6. The molecule has 0 radical (unpaired) electrons. The number of hydrogen-bond donors (Lipinski definition) is 0. The van der Waals surface area contributed by atoms with Crippen LogP contribution in [0.25, 0.3) is 0 Å². The molecule has 0 aromatic heterocycles. The van der Waals surface area contributed by atoms with Crippen molar-refractivity contribution in [2.24, 2.45) is 5.92 Å². The van der Waals surface area contributed by atoms with Gasteiger partial charge in [0.2, 0.25) is 5.91 Å². The smallest absolute Gasteiger partial charge is 0.266 e. The summed E-state index contributed by atoms with van der Waals surface area (Å²) < 4.78 is 11.1. The maximum absolute atomic E-state index is 13.7. The van der Waals surface area contributed by atoms with Crippen LogP contribution in [0.1, 0.15) is 25.5 Å². The molecule has 34 heavy (non-hydrogen) atoms. The zero-order chi connectivity index (χ0) is 23.7. The van der Waals surface area contributed by atoms with Gasteiger partial charge in [-0.05, 0) is 67.9 Å². The van der Waals surface area contributed by atoms with E-state index in [9.17, 15) is 9.59 Å². The highest BCUT2D eigenvalue weighted by Gasteiger charge is 2.60. The molecular formula is C27H26N2O5. The summed E-state index contributed by atoms with van der Waals surface area (Å²) in [4.78, 5) is 34.5. The van der Waals surface area contributed by atoms with Crippen LogP contribution < -0.4 is 19.4 Å². The lowest BCUT2D eigenvalue weighted by atomic mass is 9.90. The van der Waals surface area contributed by atoms with Gasteiger partial charge in [0.05, 0.1) is 30.6 Å². The first-order valence-corrected chi connectivity index (χ1v) is 11.5. The molecule has 174 valence electrons. The van der Waals surface area contributed by atoms with Crippen molar-refractivity contribution in [1.82, 2.24) is 0 Å². The summed E-state index contributed by atoms with van der Waals surface area (Å²) >= 11 is 0. The molecule has 0 aliphatic carbocycles. The maximum atomic E-state index is 13.7. The van der Waals surface area contributed by atoms with Gasteiger partial charge in [-0.15, -0.1) is 0 Å². The largest absolute Gasteiger partial charge is 0.494 e. The number of nitrogens with zero attached hydrogens (tertiary/aromatic N) is 2. The molecule has 2 aliphatic rings. The van der Waals surface area contributed by atoms with Gasteiger partial charge in [-0.25, -0.2) is 9.96 Å². The molecule has 0 saturated carbocycles. The second-order valence-electron chi connectivity index (χ2n) is 8.10. The molecule has 7 nitrogen and oxygen atoms in total. The predicted octanol–water partition coefficient (Wildman–Crippen LogP) is 4.54. The topological polar surface area (TPSA) is 68.3 Å². The van der Waals surface area contributed by atoms with Crippen molar-refractivity contribution < 1.29 is 23.9 Å². The van der Waals surface area contributed by atoms with E-state index in [0.717, 1.165) is 17.0 Å². The number of fused-ring (bicyclic) bond motifs is 1. The molecule has 2 saturated heterocycles. The summed E-state index contributed by atoms with van der Waals surface area (Å²) in [6, 6.07) is 23.6. The number of hydrogen-bond acceptors (Lipinski definition) is 6. The lowest BCUT2D eigenvalue weighted by Gasteiger charge is -2.28. The number of hydroxylamine groups is 1. The van der Waals surface area contributed by atoms with Crippen LogP contribution in [0.15, 0.2) is 78.9 Å². The fourth-order valence-electron chi connectivity index (χ4n) is 4.59. The standard InChI is InChI=1S/C27H26N2O5/c1-3-32-21-14-10-18(11-15-21)24-23-25(34-29(24)20-8-6-5-7-9-20)27(31)28(26(23)30)19-12-16-22(17-13-19)33-4-2/h5-17,23-25H,3-4H2,1-2H3/t23-,24+,25+/m0/s1. The first-order valence-electron chi connectivity index (χ1n) is 11.5. The molecular weight excluding hydrogens is 432 g/mol. The number of anilines is 2. The Morgan fingerprint density at radius 1 is 0.735 bits per heavy atom. The van der Waals surface area contributed by atoms with Crippen LogP contribution >= 0.6 is 0 Å². The van der Waals surface area contributed by atoms with E-state index in [1.54, 1.807) is 29.3 Å². The molecule has 2 heterocycles. The van der Waals surface area contributed by atoms with Gasteiger partial charge < -0.3 is 9.47 Å². The third-order valence-corrected chi connectivity index (χ3v) is 6.06. The quantitative estimate of drug-likeness (QED) is 0.485. The van der Waals surface area contributed by atoms with E-state index in [2.05, 4.69) is 0 Å². The number of amides is 2. The summed E-state index contributed by atoms with van der Waals surface area (Å²) in [5.41, 5.74) is 2.16. The van der Waals surface area contributed by atoms with Gasteiger partial charge in [-0.1, -0.05) is 30.3 Å². The van der Waals surface area contributed by atoms with Crippen LogP contribution in [0, 0.1) is 5.92 Å². The fourth-order valence-corrected chi connectivity index (χ4v) is 4.59. The zero-order valence-corrected chi connectivity index (χ0v) is 19.1. The van der Waals surface area contributed by atoms with Crippen molar-refractivity contribution >= 4 is 23.2 Å². The number of carbonyl (C=O) groups is 2. The third kappa shape index (κ3) is 3.78. The molecule has 2 aliphatic heterocycles. The highest BCUT2D eigenvalue weighted by atomic mass is 16.7. The predicted molar refractivity (Wildman–Crippen MR) is 128 cm³/mol. The highest BCUT2D eigenvalue weighted by molar-refractivity contribution is 6.23. The van der Waals surface area contributed by atoms with Gasteiger partial charge in [0.1, 0.15) is 17.4 Å². The number of carbonyl (C=O) groups excluding carboxylic acids is 2. The lowest BCUT2D eigenvalue weighted by molar-refractivity contribution is -0.126. The molecule has 3 aromatic rings. The minimum Gasteiger partial charge on any atom is -0.494 e. The Bertz CT molecular complexity index is 1160. The SMILES string of the molecule is CCOc1ccc([C@@H]2[C@@H]3C(=O)N(c4ccc(OCC)cc4)C(=O)[C@@H]3ON2c2ccccc2)cc1. The highest BCUT2D eigenvalue weighted by Crippen LogP contribution is 2.47. The minimum atomic E-state index is -0.907. The summed E-state index contributed by atoms with van der Waals surface area (Å²) in [6.45, 7) is 4.94. The Hall–Kier alpha value is -3.84. The second kappa shape index (κ2) is 9.19. The Balaban J connectivity index is 1.51. The molecule has 2 fully saturated rings. The summed E-state index contributed by atoms with van der Waals surface area (Å²) in [5, 5.41) is 1.69.